The van der Waals surface area contributed by atoms with Crippen molar-refractivity contribution in [3.05, 3.63) is 84.4 Å². The molecular formula is C23H23N3O2S. The van der Waals surface area contributed by atoms with Gasteiger partial charge in [-0.1, -0.05) is 36.4 Å². The highest BCUT2D eigenvalue weighted by Crippen LogP contribution is 2.26. The largest absolute Gasteiger partial charge is 0.325 e. The number of carbonyl (C=O) groups is 2. The van der Waals surface area contributed by atoms with Gasteiger partial charge in [0.05, 0.1) is 5.25 Å². The molecule has 3 rings (SSSR count). The van der Waals surface area contributed by atoms with E-state index in [1.54, 1.807) is 0 Å². The highest BCUT2D eigenvalue weighted by atomic mass is 32.2. The number of nitrogens with one attached hydrogen (secondary N) is 3. The lowest BCUT2D eigenvalue weighted by atomic mass is 10.2. The van der Waals surface area contributed by atoms with Gasteiger partial charge in [0, 0.05) is 22.0 Å². The van der Waals surface area contributed by atoms with E-state index in [0.717, 1.165) is 21.8 Å². The number of para-hydroxylation sites is 2. The predicted molar refractivity (Wildman–Crippen MR) is 121 cm³/mol. The fourth-order valence-electron chi connectivity index (χ4n) is 2.64. The monoisotopic (exact) mass is 405 g/mol. The minimum Gasteiger partial charge on any atom is -0.325 e. The fourth-order valence-corrected chi connectivity index (χ4v) is 3.50. The third kappa shape index (κ3) is 6.12. The third-order valence-corrected chi connectivity index (χ3v) is 5.34. The maximum atomic E-state index is 12.5. The van der Waals surface area contributed by atoms with Crippen LogP contribution in [0.2, 0.25) is 0 Å². The Bertz CT molecular complexity index is 975. The Labute approximate surface area is 174 Å². The standard InChI is InChI=1S/C23H23N3O2S/c1-16-8-6-7-11-21(16)26-22(27)17(2)29-20-14-12-19(13-15-20)25-23(28)24-18-9-4-3-5-10-18/h3-15,17H,1-2H3,(H,26,27)(H2,24,25,28). The van der Waals surface area contributed by atoms with Crippen LogP contribution in [0, 0.1) is 6.92 Å². The zero-order chi connectivity index (χ0) is 20.6. The number of hydrogen-bond donors (Lipinski definition) is 3. The number of urea groups is 1. The van der Waals surface area contributed by atoms with E-state index in [4.69, 9.17) is 0 Å². The Kier molecular flexibility index (Phi) is 6.92. The number of aryl methyl sites for hydroxylation is 1. The number of amides is 3. The first-order valence-electron chi connectivity index (χ1n) is 9.27. The van der Waals surface area contributed by atoms with Gasteiger partial charge in [-0.3, -0.25) is 4.79 Å². The van der Waals surface area contributed by atoms with Crippen molar-refractivity contribution in [2.24, 2.45) is 0 Å². The smallest absolute Gasteiger partial charge is 0.323 e. The van der Waals surface area contributed by atoms with Crippen molar-refractivity contribution >= 4 is 40.8 Å². The molecule has 0 bridgehead atoms. The fraction of sp³-hybridized carbons (Fsp3) is 0.130. The van der Waals surface area contributed by atoms with Crippen molar-refractivity contribution in [2.45, 2.75) is 24.0 Å². The SMILES string of the molecule is Cc1ccccc1NC(=O)C(C)Sc1ccc(NC(=O)Nc2ccccc2)cc1. The van der Waals surface area contributed by atoms with Crippen LogP contribution in [0.15, 0.2) is 83.8 Å². The summed E-state index contributed by atoms with van der Waals surface area (Å²) in [5.41, 5.74) is 3.27. The number of benzene rings is 3. The molecule has 0 aliphatic heterocycles. The van der Waals surface area contributed by atoms with Gasteiger partial charge in [0.15, 0.2) is 0 Å². The molecule has 1 atom stereocenters. The van der Waals surface area contributed by atoms with Gasteiger partial charge in [-0.05, 0) is 61.9 Å². The minimum absolute atomic E-state index is 0.0475. The molecule has 1 unspecified atom stereocenters. The van der Waals surface area contributed by atoms with Crippen LogP contribution in [0.1, 0.15) is 12.5 Å². The second-order valence-corrected chi connectivity index (χ2v) is 7.95. The van der Waals surface area contributed by atoms with E-state index in [2.05, 4.69) is 16.0 Å². The zero-order valence-electron chi connectivity index (χ0n) is 16.3. The van der Waals surface area contributed by atoms with Crippen molar-refractivity contribution in [1.29, 1.82) is 0 Å². The average Bonchev–Trinajstić information content (AvgIpc) is 2.72. The molecule has 5 nitrogen and oxygen atoms in total. The maximum Gasteiger partial charge on any atom is 0.323 e. The third-order valence-electron chi connectivity index (χ3n) is 4.23. The van der Waals surface area contributed by atoms with Crippen LogP contribution in [0.3, 0.4) is 0 Å². The second kappa shape index (κ2) is 9.80. The van der Waals surface area contributed by atoms with Gasteiger partial charge in [-0.15, -0.1) is 11.8 Å². The minimum atomic E-state index is -0.303. The molecule has 0 saturated carbocycles. The summed E-state index contributed by atoms with van der Waals surface area (Å²) in [6, 6.07) is 24.1. The lowest BCUT2D eigenvalue weighted by molar-refractivity contribution is -0.115. The summed E-state index contributed by atoms with van der Waals surface area (Å²) < 4.78 is 0. The Hall–Kier alpha value is -3.25. The highest BCUT2D eigenvalue weighted by molar-refractivity contribution is 8.00. The molecule has 0 aliphatic carbocycles. The van der Waals surface area contributed by atoms with Crippen LogP contribution in [0.25, 0.3) is 0 Å². The Morgan fingerprint density at radius 2 is 1.34 bits per heavy atom. The van der Waals surface area contributed by atoms with Crippen molar-refractivity contribution in [3.63, 3.8) is 0 Å². The summed E-state index contributed by atoms with van der Waals surface area (Å²) in [6.07, 6.45) is 0. The van der Waals surface area contributed by atoms with Crippen molar-refractivity contribution in [1.82, 2.24) is 0 Å². The number of anilines is 3. The molecule has 29 heavy (non-hydrogen) atoms. The van der Waals surface area contributed by atoms with E-state index in [9.17, 15) is 9.59 Å². The van der Waals surface area contributed by atoms with Gasteiger partial charge in [-0.2, -0.15) is 0 Å². The van der Waals surface area contributed by atoms with Crippen molar-refractivity contribution in [2.75, 3.05) is 16.0 Å². The van der Waals surface area contributed by atoms with Crippen LogP contribution in [0.5, 0.6) is 0 Å². The first kappa shape index (κ1) is 20.5. The predicted octanol–water partition coefficient (Wildman–Crippen LogP) is 5.76. The van der Waals surface area contributed by atoms with Gasteiger partial charge in [0.1, 0.15) is 0 Å². The number of thioether (sulfide) groups is 1. The number of rotatable bonds is 6. The van der Waals surface area contributed by atoms with Crippen molar-refractivity contribution in [3.8, 4) is 0 Å². The first-order valence-corrected chi connectivity index (χ1v) is 10.2. The van der Waals surface area contributed by atoms with Crippen LogP contribution >= 0.6 is 11.8 Å². The Morgan fingerprint density at radius 1 is 0.759 bits per heavy atom. The molecule has 0 saturated heterocycles. The topological polar surface area (TPSA) is 70.2 Å². The lowest BCUT2D eigenvalue weighted by Crippen LogP contribution is -2.22. The molecule has 0 heterocycles. The Balaban J connectivity index is 1.52. The van der Waals surface area contributed by atoms with E-state index < -0.39 is 0 Å². The summed E-state index contributed by atoms with van der Waals surface area (Å²) in [6.45, 7) is 3.84. The second-order valence-electron chi connectivity index (χ2n) is 6.53. The van der Waals surface area contributed by atoms with Crippen molar-refractivity contribution < 1.29 is 9.59 Å². The molecule has 3 amide bonds. The van der Waals surface area contributed by atoms with Gasteiger partial charge in [-0.25, -0.2) is 4.79 Å². The molecule has 0 aliphatic rings. The van der Waals surface area contributed by atoms with E-state index in [1.165, 1.54) is 11.8 Å². The average molecular weight is 406 g/mol. The summed E-state index contributed by atoms with van der Waals surface area (Å²) in [4.78, 5) is 25.5. The number of hydrogen-bond acceptors (Lipinski definition) is 3. The van der Waals surface area contributed by atoms with Crippen LogP contribution in [-0.4, -0.2) is 17.2 Å². The molecule has 0 aromatic heterocycles. The molecular weight excluding hydrogens is 382 g/mol. The summed E-state index contributed by atoms with van der Waals surface area (Å²) in [7, 11) is 0. The summed E-state index contributed by atoms with van der Waals surface area (Å²) >= 11 is 1.47. The molecule has 6 heteroatoms. The van der Waals surface area contributed by atoms with Crippen LogP contribution in [-0.2, 0) is 4.79 Å². The normalized spacial score (nSPS) is 11.4. The molecule has 0 radical (unpaired) electrons. The molecule has 0 spiro atoms. The first-order chi connectivity index (χ1) is 14.0. The van der Waals surface area contributed by atoms with Crippen LogP contribution < -0.4 is 16.0 Å². The highest BCUT2D eigenvalue weighted by Gasteiger charge is 2.15. The van der Waals surface area contributed by atoms with E-state index >= 15 is 0 Å². The van der Waals surface area contributed by atoms with E-state index in [0.29, 0.717) is 5.69 Å². The number of carbonyl (C=O) groups excluding carboxylic acids is 2. The molecule has 3 N–H and O–H groups in total. The van der Waals surface area contributed by atoms with Gasteiger partial charge < -0.3 is 16.0 Å². The molecule has 0 fully saturated rings. The molecule has 3 aromatic rings. The van der Waals surface area contributed by atoms with Gasteiger partial charge in [0.25, 0.3) is 0 Å². The van der Waals surface area contributed by atoms with E-state index in [1.807, 2.05) is 92.7 Å². The summed E-state index contributed by atoms with van der Waals surface area (Å²) in [5.74, 6) is -0.0475. The lowest BCUT2D eigenvalue weighted by Gasteiger charge is -2.14. The van der Waals surface area contributed by atoms with Gasteiger partial charge >= 0.3 is 6.03 Å². The Morgan fingerprint density at radius 3 is 2.00 bits per heavy atom. The van der Waals surface area contributed by atoms with Crippen LogP contribution in [0.4, 0.5) is 21.9 Å². The van der Waals surface area contributed by atoms with Gasteiger partial charge in [0.2, 0.25) is 5.91 Å². The zero-order valence-corrected chi connectivity index (χ0v) is 17.1. The molecule has 148 valence electrons. The molecule has 3 aromatic carbocycles. The quantitative estimate of drug-likeness (QED) is 0.457. The summed E-state index contributed by atoms with van der Waals surface area (Å²) in [5, 5.41) is 8.28. The maximum absolute atomic E-state index is 12.5. The van der Waals surface area contributed by atoms with E-state index in [-0.39, 0.29) is 17.2 Å².